The highest BCUT2D eigenvalue weighted by Gasteiger charge is 2.43. The summed E-state index contributed by atoms with van der Waals surface area (Å²) in [6.45, 7) is 5.76. The van der Waals surface area contributed by atoms with E-state index in [0.29, 0.717) is 19.0 Å². The van der Waals surface area contributed by atoms with E-state index in [-0.39, 0.29) is 17.7 Å². The number of aromatic nitrogens is 1. The first kappa shape index (κ1) is 15.4. The third-order valence-electron chi connectivity index (χ3n) is 5.33. The van der Waals surface area contributed by atoms with Crippen LogP contribution in [0.1, 0.15) is 25.0 Å². The Morgan fingerprint density at radius 1 is 1.21 bits per heavy atom. The molecule has 2 amide bonds. The Balaban J connectivity index is 1.34. The molecular formula is C18H24N4O2. The van der Waals surface area contributed by atoms with Gasteiger partial charge in [0.15, 0.2) is 0 Å². The van der Waals surface area contributed by atoms with E-state index in [1.807, 2.05) is 29.0 Å². The van der Waals surface area contributed by atoms with E-state index in [1.165, 1.54) is 5.69 Å². The number of carbonyl (C=O) groups excluding carboxylic acids is 2. The molecule has 24 heavy (non-hydrogen) atoms. The summed E-state index contributed by atoms with van der Waals surface area (Å²) in [6, 6.07) is 4.52. The van der Waals surface area contributed by atoms with Crippen LogP contribution in [0, 0.1) is 12.8 Å². The Morgan fingerprint density at radius 2 is 1.96 bits per heavy atom. The maximum Gasteiger partial charge on any atom is 0.228 e. The fourth-order valence-electron chi connectivity index (χ4n) is 3.81. The van der Waals surface area contributed by atoms with Crippen molar-refractivity contribution in [3.05, 3.63) is 24.0 Å². The van der Waals surface area contributed by atoms with Gasteiger partial charge in [0, 0.05) is 62.8 Å². The van der Waals surface area contributed by atoms with Gasteiger partial charge in [0.05, 0.1) is 5.92 Å². The summed E-state index contributed by atoms with van der Waals surface area (Å²) < 4.78 is 0. The highest BCUT2D eigenvalue weighted by Crippen LogP contribution is 2.33. The van der Waals surface area contributed by atoms with Crippen molar-refractivity contribution in [1.29, 1.82) is 0 Å². The fourth-order valence-corrected chi connectivity index (χ4v) is 3.81. The largest absolute Gasteiger partial charge is 0.368 e. The van der Waals surface area contributed by atoms with Crippen molar-refractivity contribution in [3.63, 3.8) is 0 Å². The average molecular weight is 328 g/mol. The second-order valence-electron chi connectivity index (χ2n) is 7.15. The number of amides is 2. The normalized spacial score (nSPS) is 24.6. The lowest BCUT2D eigenvalue weighted by atomic mass is 10.1. The van der Waals surface area contributed by atoms with E-state index in [4.69, 9.17) is 0 Å². The number of piperazine rings is 1. The van der Waals surface area contributed by atoms with E-state index in [2.05, 4.69) is 16.0 Å². The first-order chi connectivity index (χ1) is 11.6. The van der Waals surface area contributed by atoms with Crippen molar-refractivity contribution in [2.45, 2.75) is 32.2 Å². The monoisotopic (exact) mass is 328 g/mol. The van der Waals surface area contributed by atoms with Gasteiger partial charge in [0.1, 0.15) is 0 Å². The molecule has 3 aliphatic rings. The van der Waals surface area contributed by atoms with Crippen LogP contribution in [0.5, 0.6) is 0 Å². The first-order valence-corrected chi connectivity index (χ1v) is 8.87. The minimum Gasteiger partial charge on any atom is -0.368 e. The summed E-state index contributed by atoms with van der Waals surface area (Å²) >= 11 is 0. The molecule has 1 unspecified atom stereocenters. The fraction of sp³-hybridized carbons (Fsp3) is 0.611. The molecule has 1 saturated carbocycles. The molecule has 2 aliphatic heterocycles. The average Bonchev–Trinajstić information content (AvgIpc) is 3.36. The van der Waals surface area contributed by atoms with Gasteiger partial charge >= 0.3 is 0 Å². The molecule has 3 heterocycles. The van der Waals surface area contributed by atoms with Gasteiger partial charge in [-0.2, -0.15) is 0 Å². The summed E-state index contributed by atoms with van der Waals surface area (Å²) in [7, 11) is 0. The van der Waals surface area contributed by atoms with Crippen molar-refractivity contribution in [1.82, 2.24) is 14.8 Å². The first-order valence-electron chi connectivity index (χ1n) is 8.87. The van der Waals surface area contributed by atoms with Gasteiger partial charge in [-0.25, -0.2) is 0 Å². The number of pyridine rings is 1. The smallest absolute Gasteiger partial charge is 0.228 e. The predicted octanol–water partition coefficient (Wildman–Crippen LogP) is 1.05. The summed E-state index contributed by atoms with van der Waals surface area (Å²) in [5, 5.41) is 0. The topological polar surface area (TPSA) is 56.8 Å². The number of anilines is 1. The van der Waals surface area contributed by atoms with Crippen LogP contribution in [0.2, 0.25) is 0 Å². The van der Waals surface area contributed by atoms with Crippen LogP contribution in [0.15, 0.2) is 18.3 Å². The van der Waals surface area contributed by atoms with Gasteiger partial charge < -0.3 is 14.7 Å². The van der Waals surface area contributed by atoms with Crippen LogP contribution in [-0.2, 0) is 9.59 Å². The molecule has 1 aliphatic carbocycles. The summed E-state index contributed by atoms with van der Waals surface area (Å²) in [4.78, 5) is 35.2. The zero-order chi connectivity index (χ0) is 16.7. The minimum atomic E-state index is -0.132. The van der Waals surface area contributed by atoms with Crippen molar-refractivity contribution in [2.24, 2.45) is 5.92 Å². The summed E-state index contributed by atoms with van der Waals surface area (Å²) in [6.07, 6.45) is 4.45. The molecule has 4 rings (SSSR count). The quantitative estimate of drug-likeness (QED) is 0.832. The Kier molecular flexibility index (Phi) is 3.90. The molecule has 1 aromatic rings. The second kappa shape index (κ2) is 6.07. The maximum absolute atomic E-state index is 12.8. The molecule has 0 aromatic carbocycles. The van der Waals surface area contributed by atoms with Crippen LogP contribution < -0.4 is 4.90 Å². The molecule has 1 atom stereocenters. The van der Waals surface area contributed by atoms with Crippen LogP contribution in [0.3, 0.4) is 0 Å². The number of nitrogens with zero attached hydrogens (tertiary/aromatic N) is 4. The van der Waals surface area contributed by atoms with Gasteiger partial charge in [-0.1, -0.05) is 0 Å². The van der Waals surface area contributed by atoms with Crippen molar-refractivity contribution < 1.29 is 9.59 Å². The van der Waals surface area contributed by atoms with E-state index >= 15 is 0 Å². The lowest BCUT2D eigenvalue weighted by Crippen LogP contribution is -2.50. The van der Waals surface area contributed by atoms with Crippen LogP contribution in [0.4, 0.5) is 5.69 Å². The molecule has 0 radical (unpaired) electrons. The van der Waals surface area contributed by atoms with Crippen LogP contribution in [0.25, 0.3) is 0 Å². The maximum atomic E-state index is 12.8. The third kappa shape index (κ3) is 2.97. The van der Waals surface area contributed by atoms with E-state index < -0.39 is 0 Å². The Labute approximate surface area is 142 Å². The third-order valence-corrected chi connectivity index (χ3v) is 5.33. The summed E-state index contributed by atoms with van der Waals surface area (Å²) in [5.41, 5.74) is 2.18. The number of likely N-dealkylation sites (tertiary alicyclic amines) is 1. The predicted molar refractivity (Wildman–Crippen MR) is 90.6 cm³/mol. The van der Waals surface area contributed by atoms with Gasteiger partial charge in [0.25, 0.3) is 0 Å². The van der Waals surface area contributed by atoms with E-state index in [9.17, 15) is 9.59 Å². The second-order valence-corrected chi connectivity index (χ2v) is 7.15. The zero-order valence-corrected chi connectivity index (χ0v) is 14.1. The van der Waals surface area contributed by atoms with Gasteiger partial charge in [-0.15, -0.1) is 0 Å². The summed E-state index contributed by atoms with van der Waals surface area (Å²) in [5.74, 6) is 0.201. The molecule has 0 N–H and O–H groups in total. The van der Waals surface area contributed by atoms with Crippen molar-refractivity contribution in [2.75, 3.05) is 37.6 Å². The van der Waals surface area contributed by atoms with Crippen LogP contribution in [-0.4, -0.2) is 65.4 Å². The number of carbonyl (C=O) groups is 2. The standard InChI is InChI=1S/C18H24N4O2/c1-13-10-16(4-5-19-13)20-6-8-21(9-7-20)18(24)14-11-17(23)22(12-14)15-2-3-15/h4-5,10,14-15H,2-3,6-9,11-12H2,1H3. The molecule has 1 aromatic heterocycles. The molecule has 128 valence electrons. The van der Waals surface area contributed by atoms with E-state index in [0.717, 1.165) is 44.7 Å². The highest BCUT2D eigenvalue weighted by atomic mass is 16.2. The molecule has 6 heteroatoms. The number of rotatable bonds is 3. The molecule has 0 bridgehead atoms. The zero-order valence-electron chi connectivity index (χ0n) is 14.1. The highest BCUT2D eigenvalue weighted by molar-refractivity contribution is 5.89. The van der Waals surface area contributed by atoms with Crippen molar-refractivity contribution in [3.8, 4) is 0 Å². The molecule has 0 spiro atoms. The number of hydrogen-bond acceptors (Lipinski definition) is 4. The Hall–Kier alpha value is -2.11. The van der Waals surface area contributed by atoms with Crippen LogP contribution >= 0.6 is 0 Å². The SMILES string of the molecule is Cc1cc(N2CCN(C(=O)C3CC(=O)N(C4CC4)C3)CC2)ccn1. The molecular weight excluding hydrogens is 304 g/mol. The van der Waals surface area contributed by atoms with Crippen molar-refractivity contribution >= 4 is 17.5 Å². The lowest BCUT2D eigenvalue weighted by Gasteiger charge is -2.37. The Morgan fingerprint density at radius 3 is 2.62 bits per heavy atom. The lowest BCUT2D eigenvalue weighted by molar-refractivity contribution is -0.136. The van der Waals surface area contributed by atoms with Gasteiger partial charge in [-0.3, -0.25) is 14.6 Å². The number of aryl methyl sites for hydroxylation is 1. The van der Waals surface area contributed by atoms with Gasteiger partial charge in [0.2, 0.25) is 11.8 Å². The van der Waals surface area contributed by atoms with Gasteiger partial charge in [-0.05, 0) is 31.9 Å². The van der Waals surface area contributed by atoms with E-state index in [1.54, 1.807) is 0 Å². The molecule has 6 nitrogen and oxygen atoms in total. The molecule has 3 fully saturated rings. The number of hydrogen-bond donors (Lipinski definition) is 0. The minimum absolute atomic E-state index is 0.132. The molecule has 2 saturated heterocycles. The Bertz CT molecular complexity index is 650.